The van der Waals surface area contributed by atoms with Crippen LogP contribution in [0.1, 0.15) is 32.1 Å². The minimum absolute atomic E-state index is 0.258. The molecule has 0 spiro atoms. The van der Waals surface area contributed by atoms with Crippen molar-refractivity contribution in [2.24, 2.45) is 0 Å². The van der Waals surface area contributed by atoms with Crippen molar-refractivity contribution in [3.05, 3.63) is 48.1 Å². The quantitative estimate of drug-likeness (QED) is 0.431. The fourth-order valence-corrected chi connectivity index (χ4v) is 2.13. The normalized spacial score (nSPS) is 13.0. The third-order valence-corrected chi connectivity index (χ3v) is 3.39. The smallest absolute Gasteiger partial charge is 0.339 e. The van der Waals surface area contributed by atoms with E-state index in [2.05, 4.69) is 0 Å². The summed E-state index contributed by atoms with van der Waals surface area (Å²) >= 11 is 0. The second-order valence-electron chi connectivity index (χ2n) is 5.17. The molecule has 0 amide bonds. The number of hydrogen-bond acceptors (Lipinski definition) is 4. The van der Waals surface area contributed by atoms with E-state index >= 15 is 0 Å². The molecule has 0 saturated heterocycles. The molecule has 0 fully saturated rings. The number of hydrogen-bond donors (Lipinski definition) is 1. The Morgan fingerprint density at radius 2 is 1.77 bits per heavy atom. The van der Waals surface area contributed by atoms with E-state index in [1.807, 2.05) is 12.2 Å². The highest BCUT2D eigenvalue weighted by atomic mass is 16.5. The summed E-state index contributed by atoms with van der Waals surface area (Å²) in [5.74, 6) is 0.986. The number of unbranched alkanes of at least 4 members (excludes halogenated alkanes) is 3. The van der Waals surface area contributed by atoms with Crippen LogP contribution in [0.25, 0.3) is 0 Å². The van der Waals surface area contributed by atoms with Gasteiger partial charge in [0, 0.05) is 12.2 Å². The van der Waals surface area contributed by atoms with Gasteiger partial charge in [0.25, 0.3) is 0 Å². The van der Waals surface area contributed by atoms with Gasteiger partial charge < -0.3 is 14.6 Å². The lowest BCUT2D eigenvalue weighted by Crippen LogP contribution is -2.09. The Morgan fingerprint density at radius 1 is 1.05 bits per heavy atom. The molecule has 2 rings (SSSR count). The van der Waals surface area contributed by atoms with Crippen LogP contribution in [0.2, 0.25) is 0 Å². The van der Waals surface area contributed by atoms with Crippen LogP contribution >= 0.6 is 0 Å². The van der Waals surface area contributed by atoms with Gasteiger partial charge in [-0.25, -0.2) is 4.79 Å². The first-order valence-corrected chi connectivity index (χ1v) is 7.71. The van der Waals surface area contributed by atoms with Crippen LogP contribution in [-0.4, -0.2) is 24.3 Å². The summed E-state index contributed by atoms with van der Waals surface area (Å²) in [4.78, 5) is 11.8. The molecule has 0 unspecified atom stereocenters. The average molecular weight is 302 g/mol. The molecule has 1 aliphatic carbocycles. The molecule has 0 atom stereocenters. The van der Waals surface area contributed by atoms with Crippen LogP contribution in [0.15, 0.2) is 48.1 Å². The first-order valence-electron chi connectivity index (χ1n) is 7.71. The zero-order valence-corrected chi connectivity index (χ0v) is 12.7. The molecule has 1 aromatic rings. The van der Waals surface area contributed by atoms with Crippen molar-refractivity contribution in [1.29, 1.82) is 0 Å². The Morgan fingerprint density at radius 3 is 2.45 bits per heavy atom. The topological polar surface area (TPSA) is 55.8 Å². The molecule has 0 aliphatic heterocycles. The van der Waals surface area contributed by atoms with Gasteiger partial charge in [0.05, 0.1) is 6.61 Å². The van der Waals surface area contributed by atoms with E-state index in [1.54, 1.807) is 30.3 Å². The molecule has 4 heteroatoms. The van der Waals surface area contributed by atoms with Crippen molar-refractivity contribution in [3.8, 4) is 11.5 Å². The second kappa shape index (κ2) is 9.05. The predicted octanol–water partition coefficient (Wildman–Crippen LogP) is 3.41. The first-order chi connectivity index (χ1) is 10.8. The average Bonchev–Trinajstić information content (AvgIpc) is 3.07. The molecule has 1 N–H and O–H groups in total. The van der Waals surface area contributed by atoms with E-state index < -0.39 is 0 Å². The maximum atomic E-state index is 11.8. The summed E-state index contributed by atoms with van der Waals surface area (Å²) in [6.45, 7) is 0.914. The van der Waals surface area contributed by atoms with Gasteiger partial charge in [-0.3, -0.25) is 0 Å². The van der Waals surface area contributed by atoms with Crippen LogP contribution in [0.4, 0.5) is 0 Å². The van der Waals surface area contributed by atoms with Crippen molar-refractivity contribution in [1.82, 2.24) is 0 Å². The fourth-order valence-electron chi connectivity index (χ4n) is 2.13. The largest absolute Gasteiger partial charge is 0.494 e. The van der Waals surface area contributed by atoms with Crippen molar-refractivity contribution in [3.63, 3.8) is 0 Å². The number of esters is 1. The number of carbonyl (C=O) groups excluding carboxylic acids is 1. The van der Waals surface area contributed by atoms with Gasteiger partial charge in [0.2, 0.25) is 0 Å². The molecule has 1 aromatic carbocycles. The van der Waals surface area contributed by atoms with E-state index in [9.17, 15) is 4.79 Å². The highest BCUT2D eigenvalue weighted by molar-refractivity contribution is 5.91. The number of allylic oxidation sites excluding steroid dienone is 3. The van der Waals surface area contributed by atoms with E-state index in [-0.39, 0.29) is 12.6 Å². The maximum absolute atomic E-state index is 11.8. The lowest BCUT2D eigenvalue weighted by molar-refractivity contribution is -0.130. The molecule has 4 nitrogen and oxygen atoms in total. The lowest BCUT2D eigenvalue weighted by atomic mass is 10.2. The van der Waals surface area contributed by atoms with Gasteiger partial charge in [0.15, 0.2) is 0 Å². The number of aliphatic hydroxyl groups excluding tert-OH is 1. The van der Waals surface area contributed by atoms with Crippen molar-refractivity contribution in [2.75, 3.05) is 13.2 Å². The SMILES string of the molecule is O=C(Oc1ccc(OCCCCCCO)cc1)C1=CC=CC1. The van der Waals surface area contributed by atoms with E-state index in [0.717, 1.165) is 31.4 Å². The minimum atomic E-state index is -0.303. The number of rotatable bonds is 9. The molecule has 0 bridgehead atoms. The van der Waals surface area contributed by atoms with E-state index in [1.165, 1.54) is 0 Å². The summed E-state index contributed by atoms with van der Waals surface area (Å²) in [6, 6.07) is 7.08. The van der Waals surface area contributed by atoms with Crippen LogP contribution in [-0.2, 0) is 4.79 Å². The van der Waals surface area contributed by atoms with Crippen LogP contribution in [0.3, 0.4) is 0 Å². The van der Waals surface area contributed by atoms with Crippen LogP contribution in [0.5, 0.6) is 11.5 Å². The summed E-state index contributed by atoms with van der Waals surface area (Å²) in [6.07, 6.45) is 10.1. The molecular weight excluding hydrogens is 280 g/mol. The molecule has 1 aliphatic rings. The lowest BCUT2D eigenvalue weighted by Gasteiger charge is -2.08. The second-order valence-corrected chi connectivity index (χ2v) is 5.17. The molecule has 118 valence electrons. The van der Waals surface area contributed by atoms with Gasteiger partial charge in [-0.05, 0) is 49.9 Å². The zero-order chi connectivity index (χ0) is 15.6. The van der Waals surface area contributed by atoms with E-state index in [0.29, 0.717) is 24.4 Å². The third kappa shape index (κ3) is 5.37. The fraction of sp³-hybridized carbons (Fsp3) is 0.389. The summed E-state index contributed by atoms with van der Waals surface area (Å²) in [5.41, 5.74) is 0.670. The minimum Gasteiger partial charge on any atom is -0.494 e. The highest BCUT2D eigenvalue weighted by Gasteiger charge is 2.12. The summed E-state index contributed by atoms with van der Waals surface area (Å²) in [5, 5.41) is 8.68. The van der Waals surface area contributed by atoms with Gasteiger partial charge >= 0.3 is 5.97 Å². The monoisotopic (exact) mass is 302 g/mol. The molecule has 0 saturated carbocycles. The Balaban J connectivity index is 1.70. The number of benzene rings is 1. The van der Waals surface area contributed by atoms with Crippen molar-refractivity contribution >= 4 is 5.97 Å². The van der Waals surface area contributed by atoms with E-state index in [4.69, 9.17) is 14.6 Å². The number of carbonyl (C=O) groups is 1. The standard InChI is InChI=1S/C18H22O4/c19-13-5-1-2-6-14-21-16-9-11-17(12-10-16)22-18(20)15-7-3-4-8-15/h3-4,7,9-12,19H,1-2,5-6,8,13-14H2. The third-order valence-electron chi connectivity index (χ3n) is 3.39. The Kier molecular flexibility index (Phi) is 6.71. The molecule has 22 heavy (non-hydrogen) atoms. The molecular formula is C18H22O4. The molecule has 0 radical (unpaired) electrons. The van der Waals surface area contributed by atoms with Gasteiger partial charge in [-0.1, -0.05) is 24.6 Å². The van der Waals surface area contributed by atoms with Gasteiger partial charge in [0.1, 0.15) is 11.5 Å². The molecule has 0 aromatic heterocycles. The van der Waals surface area contributed by atoms with Crippen molar-refractivity contribution in [2.45, 2.75) is 32.1 Å². The Hall–Kier alpha value is -2.07. The van der Waals surface area contributed by atoms with Crippen molar-refractivity contribution < 1.29 is 19.4 Å². The summed E-state index contributed by atoms with van der Waals surface area (Å²) < 4.78 is 10.9. The Labute approximate surface area is 131 Å². The summed E-state index contributed by atoms with van der Waals surface area (Å²) in [7, 11) is 0. The van der Waals surface area contributed by atoms with Crippen LogP contribution < -0.4 is 9.47 Å². The first kappa shape index (κ1) is 16.3. The highest BCUT2D eigenvalue weighted by Crippen LogP contribution is 2.20. The zero-order valence-electron chi connectivity index (χ0n) is 12.7. The van der Waals surface area contributed by atoms with Gasteiger partial charge in [-0.2, -0.15) is 0 Å². The van der Waals surface area contributed by atoms with Gasteiger partial charge in [-0.15, -0.1) is 0 Å². The predicted molar refractivity (Wildman–Crippen MR) is 85.0 cm³/mol. The Bertz CT molecular complexity index is 529. The van der Waals surface area contributed by atoms with Crippen LogP contribution in [0, 0.1) is 0 Å². The molecule has 0 heterocycles. The number of ether oxygens (including phenoxy) is 2. The number of aliphatic hydroxyl groups is 1. The maximum Gasteiger partial charge on any atom is 0.339 e.